The van der Waals surface area contributed by atoms with Crippen molar-refractivity contribution in [3.63, 3.8) is 0 Å². The largest absolute Gasteiger partial charge is 0.247 e. The van der Waals surface area contributed by atoms with E-state index in [4.69, 9.17) is 11.6 Å². The van der Waals surface area contributed by atoms with Gasteiger partial charge in [-0.25, -0.2) is 8.78 Å². The maximum absolute atomic E-state index is 14.1. The molecule has 0 aromatic heterocycles. The van der Waals surface area contributed by atoms with Crippen LogP contribution in [0.2, 0.25) is 5.02 Å². The zero-order valence-electron chi connectivity index (χ0n) is 14.9. The highest BCUT2D eigenvalue weighted by Crippen LogP contribution is 2.44. The minimum absolute atomic E-state index is 0.141. The van der Waals surface area contributed by atoms with Crippen molar-refractivity contribution in [3.8, 4) is 0 Å². The van der Waals surface area contributed by atoms with Gasteiger partial charge in [0.25, 0.3) is 0 Å². The molecule has 138 valence electrons. The summed E-state index contributed by atoms with van der Waals surface area (Å²) < 4.78 is 26.3. The maximum Gasteiger partial charge on any atom is 0.128 e. The number of allylic oxidation sites excluding steroid dienone is 2. The summed E-state index contributed by atoms with van der Waals surface area (Å²) in [6, 6.07) is 5.13. The minimum atomic E-state index is -0.340. The molecule has 2 saturated carbocycles. The predicted molar refractivity (Wildman–Crippen MR) is 101 cm³/mol. The Morgan fingerprint density at radius 1 is 0.920 bits per heavy atom. The lowest BCUT2D eigenvalue weighted by molar-refractivity contribution is 0.160. The second-order valence-corrected chi connectivity index (χ2v) is 8.36. The normalized spacial score (nSPS) is 30.7. The van der Waals surface area contributed by atoms with Crippen molar-refractivity contribution < 1.29 is 8.78 Å². The highest BCUT2D eigenvalue weighted by atomic mass is 35.5. The van der Waals surface area contributed by atoms with E-state index in [-0.39, 0.29) is 12.5 Å². The number of benzene rings is 1. The molecule has 0 atom stereocenters. The Balaban J connectivity index is 1.46. The highest BCUT2D eigenvalue weighted by Gasteiger charge is 2.31. The molecule has 0 nitrogen and oxygen atoms in total. The quantitative estimate of drug-likeness (QED) is 0.474. The van der Waals surface area contributed by atoms with E-state index < -0.39 is 0 Å². The van der Waals surface area contributed by atoms with E-state index in [0.717, 1.165) is 42.6 Å². The van der Waals surface area contributed by atoms with Gasteiger partial charge in [-0.2, -0.15) is 0 Å². The molecule has 2 fully saturated rings. The molecule has 0 unspecified atom stereocenters. The molecule has 1 aromatic carbocycles. The first-order valence-corrected chi connectivity index (χ1v) is 10.2. The molecular weight excluding hydrogens is 338 g/mol. The number of hydrogen-bond acceptors (Lipinski definition) is 0. The Bertz CT molecular complexity index is 567. The Labute approximate surface area is 155 Å². The second-order valence-electron chi connectivity index (χ2n) is 7.92. The molecule has 2 aliphatic rings. The molecule has 3 rings (SSSR count). The molecule has 3 heteroatoms. The topological polar surface area (TPSA) is 0 Å². The third kappa shape index (κ3) is 5.06. The Morgan fingerprint density at radius 2 is 1.56 bits per heavy atom. The molecule has 0 saturated heterocycles. The van der Waals surface area contributed by atoms with Crippen LogP contribution in [0, 0.1) is 23.6 Å². The van der Waals surface area contributed by atoms with Gasteiger partial charge in [-0.3, -0.25) is 0 Å². The smallest absolute Gasteiger partial charge is 0.128 e. The van der Waals surface area contributed by atoms with Crippen molar-refractivity contribution >= 4 is 11.6 Å². The molecule has 0 bridgehead atoms. The van der Waals surface area contributed by atoms with E-state index >= 15 is 0 Å². The lowest BCUT2D eigenvalue weighted by Crippen LogP contribution is -2.25. The molecule has 0 amide bonds. The van der Waals surface area contributed by atoms with Gasteiger partial charge >= 0.3 is 0 Å². The lowest BCUT2D eigenvalue weighted by atomic mass is 9.68. The molecule has 0 aliphatic heterocycles. The summed E-state index contributed by atoms with van der Waals surface area (Å²) in [7, 11) is 0. The second kappa shape index (κ2) is 9.16. The standard InChI is InChI=1S/C22H29ClF2/c23-20-12-13-21(22(25)15-20)19-10-8-18(9-11-19)17-6-4-16(5-7-17)3-1-2-14-24/h1-2,12-13,15-19H,3-11,14H2/b2-1+. The summed E-state index contributed by atoms with van der Waals surface area (Å²) >= 11 is 5.87. The van der Waals surface area contributed by atoms with E-state index in [1.165, 1.54) is 44.6 Å². The molecule has 25 heavy (non-hydrogen) atoms. The zero-order valence-corrected chi connectivity index (χ0v) is 15.7. The van der Waals surface area contributed by atoms with E-state index in [1.54, 1.807) is 6.08 Å². The molecule has 0 heterocycles. The molecular formula is C22H29ClF2. The maximum atomic E-state index is 14.1. The van der Waals surface area contributed by atoms with E-state index in [9.17, 15) is 8.78 Å². The van der Waals surface area contributed by atoms with Crippen LogP contribution in [0.15, 0.2) is 30.4 Å². The van der Waals surface area contributed by atoms with Gasteiger partial charge in [0.05, 0.1) is 0 Å². The fraction of sp³-hybridized carbons (Fsp3) is 0.636. The third-order valence-electron chi connectivity index (χ3n) is 6.46. The average molecular weight is 367 g/mol. The van der Waals surface area contributed by atoms with Crippen molar-refractivity contribution in [1.29, 1.82) is 0 Å². The summed E-state index contributed by atoms with van der Waals surface area (Å²) in [5, 5.41) is 0.480. The zero-order chi connectivity index (χ0) is 17.6. The first kappa shape index (κ1) is 18.9. The summed E-state index contributed by atoms with van der Waals surface area (Å²) in [4.78, 5) is 0. The SMILES string of the molecule is FC/C=C/CC1CCC(C2CCC(c3ccc(Cl)cc3F)CC2)CC1. The number of halogens is 3. The van der Waals surface area contributed by atoms with Crippen molar-refractivity contribution in [1.82, 2.24) is 0 Å². The van der Waals surface area contributed by atoms with Gasteiger partial charge in [0.15, 0.2) is 0 Å². The number of rotatable bonds is 5. The Hall–Kier alpha value is -0.890. The highest BCUT2D eigenvalue weighted by molar-refractivity contribution is 6.30. The van der Waals surface area contributed by atoms with Crippen molar-refractivity contribution in [2.75, 3.05) is 6.67 Å². The summed E-state index contributed by atoms with van der Waals surface area (Å²) in [6.45, 7) is -0.340. The minimum Gasteiger partial charge on any atom is -0.247 e. The Kier molecular flexibility index (Phi) is 6.92. The summed E-state index contributed by atoms with van der Waals surface area (Å²) in [5.74, 6) is 2.62. The van der Waals surface area contributed by atoms with Crippen LogP contribution in [-0.2, 0) is 0 Å². The van der Waals surface area contributed by atoms with Crippen LogP contribution in [0.3, 0.4) is 0 Å². The van der Waals surface area contributed by atoms with Crippen LogP contribution in [0.25, 0.3) is 0 Å². The van der Waals surface area contributed by atoms with E-state index in [1.807, 2.05) is 18.2 Å². The van der Waals surface area contributed by atoms with Crippen LogP contribution in [0.1, 0.15) is 69.3 Å². The van der Waals surface area contributed by atoms with Crippen LogP contribution in [-0.4, -0.2) is 6.67 Å². The van der Waals surface area contributed by atoms with Crippen LogP contribution in [0.4, 0.5) is 8.78 Å². The molecule has 0 spiro atoms. The lowest BCUT2D eigenvalue weighted by Gasteiger charge is -2.38. The van der Waals surface area contributed by atoms with E-state index in [0.29, 0.717) is 10.9 Å². The number of alkyl halides is 1. The third-order valence-corrected chi connectivity index (χ3v) is 6.69. The van der Waals surface area contributed by atoms with Crippen molar-refractivity contribution in [2.45, 2.75) is 63.7 Å². The molecule has 0 N–H and O–H groups in total. The first-order chi connectivity index (χ1) is 12.2. The van der Waals surface area contributed by atoms with Gasteiger partial charge in [0, 0.05) is 5.02 Å². The van der Waals surface area contributed by atoms with Gasteiger partial charge in [-0.05, 0) is 99.2 Å². The summed E-state index contributed by atoms with van der Waals surface area (Å²) in [5.41, 5.74) is 0.853. The van der Waals surface area contributed by atoms with Gasteiger partial charge in [-0.15, -0.1) is 0 Å². The average Bonchev–Trinajstić information content (AvgIpc) is 2.63. The molecule has 2 aliphatic carbocycles. The van der Waals surface area contributed by atoms with Gasteiger partial charge in [0.1, 0.15) is 12.5 Å². The fourth-order valence-corrected chi connectivity index (χ4v) is 5.14. The van der Waals surface area contributed by atoms with Crippen molar-refractivity contribution in [2.24, 2.45) is 17.8 Å². The van der Waals surface area contributed by atoms with E-state index in [2.05, 4.69) is 0 Å². The van der Waals surface area contributed by atoms with Crippen molar-refractivity contribution in [3.05, 3.63) is 46.8 Å². The van der Waals surface area contributed by atoms with Gasteiger partial charge in [-0.1, -0.05) is 29.8 Å². The van der Waals surface area contributed by atoms with Gasteiger partial charge in [0.2, 0.25) is 0 Å². The van der Waals surface area contributed by atoms with Crippen LogP contribution >= 0.6 is 11.6 Å². The van der Waals surface area contributed by atoms with Crippen LogP contribution < -0.4 is 0 Å². The predicted octanol–water partition coefficient (Wildman–Crippen LogP) is 7.48. The summed E-state index contributed by atoms with van der Waals surface area (Å²) in [6.07, 6.45) is 14.6. The fourth-order valence-electron chi connectivity index (χ4n) is 4.98. The first-order valence-electron chi connectivity index (χ1n) is 9.83. The molecule has 0 radical (unpaired) electrons. The van der Waals surface area contributed by atoms with Gasteiger partial charge < -0.3 is 0 Å². The van der Waals surface area contributed by atoms with Crippen LogP contribution in [0.5, 0.6) is 0 Å². The Morgan fingerprint density at radius 3 is 2.16 bits per heavy atom. The number of hydrogen-bond donors (Lipinski definition) is 0. The monoisotopic (exact) mass is 366 g/mol. The molecule has 1 aromatic rings.